The van der Waals surface area contributed by atoms with Crippen LogP contribution in [0.15, 0.2) is 6.07 Å². The Bertz CT molecular complexity index is 494. The van der Waals surface area contributed by atoms with Crippen molar-refractivity contribution in [3.05, 3.63) is 22.9 Å². The molecule has 1 saturated carbocycles. The molecule has 2 aliphatic carbocycles. The van der Waals surface area contributed by atoms with E-state index in [-0.39, 0.29) is 0 Å². The highest BCUT2D eigenvalue weighted by molar-refractivity contribution is 7.80. The van der Waals surface area contributed by atoms with Crippen LogP contribution in [0.5, 0.6) is 0 Å². The second-order valence-corrected chi connectivity index (χ2v) is 5.64. The predicted molar refractivity (Wildman–Crippen MR) is 78.2 cm³/mol. The molecule has 0 radical (unpaired) electrons. The van der Waals surface area contributed by atoms with E-state index in [4.69, 9.17) is 22.9 Å². The molecule has 0 aromatic carbocycles. The highest BCUT2D eigenvalue weighted by Gasteiger charge is 2.31. The van der Waals surface area contributed by atoms with E-state index in [1.807, 2.05) is 0 Å². The molecule has 2 aliphatic rings. The van der Waals surface area contributed by atoms with Gasteiger partial charge in [0.05, 0.1) is 5.56 Å². The fourth-order valence-electron chi connectivity index (χ4n) is 2.83. The Morgan fingerprint density at radius 3 is 2.89 bits per heavy atom. The third-order valence-corrected chi connectivity index (χ3v) is 4.12. The number of hydrogen-bond acceptors (Lipinski definition) is 3. The molecule has 1 fully saturated rings. The third-order valence-electron chi connectivity index (χ3n) is 3.90. The third kappa shape index (κ3) is 1.99. The van der Waals surface area contributed by atoms with Crippen molar-refractivity contribution in [3.8, 4) is 0 Å². The first-order chi connectivity index (χ1) is 8.70. The lowest BCUT2D eigenvalue weighted by Crippen LogP contribution is -2.29. The number of thiocarbonyl (C=S) groups is 1. The van der Waals surface area contributed by atoms with Crippen LogP contribution in [0.3, 0.4) is 0 Å². The van der Waals surface area contributed by atoms with Gasteiger partial charge in [-0.25, -0.2) is 4.98 Å². The Hall–Kier alpha value is -1.16. The van der Waals surface area contributed by atoms with Gasteiger partial charge in [0.15, 0.2) is 0 Å². The van der Waals surface area contributed by atoms with Gasteiger partial charge >= 0.3 is 0 Å². The Kier molecular flexibility index (Phi) is 2.98. The zero-order valence-electron chi connectivity index (χ0n) is 10.8. The number of anilines is 1. The molecule has 2 N–H and O–H groups in total. The molecule has 0 amide bonds. The number of nitrogens with zero attached hydrogens (tertiary/aromatic N) is 2. The normalized spacial score (nSPS) is 17.6. The number of hydrogen-bond donors (Lipinski definition) is 1. The van der Waals surface area contributed by atoms with Crippen molar-refractivity contribution in [2.24, 2.45) is 5.73 Å². The lowest BCUT2D eigenvalue weighted by molar-refractivity contribution is 0.800. The molecule has 0 spiro atoms. The van der Waals surface area contributed by atoms with Gasteiger partial charge in [0.25, 0.3) is 0 Å². The molecule has 0 aliphatic heterocycles. The van der Waals surface area contributed by atoms with Gasteiger partial charge in [-0.15, -0.1) is 0 Å². The summed E-state index contributed by atoms with van der Waals surface area (Å²) in [6.07, 6.45) is 5.96. The quantitative estimate of drug-likeness (QED) is 0.844. The summed E-state index contributed by atoms with van der Waals surface area (Å²) < 4.78 is 0. The van der Waals surface area contributed by atoms with Crippen LogP contribution in [0.4, 0.5) is 5.82 Å². The van der Waals surface area contributed by atoms with Gasteiger partial charge in [-0.2, -0.15) is 0 Å². The zero-order chi connectivity index (χ0) is 12.7. The number of rotatable bonds is 4. The van der Waals surface area contributed by atoms with Gasteiger partial charge in [0, 0.05) is 18.3 Å². The minimum Gasteiger partial charge on any atom is -0.389 e. The second-order valence-electron chi connectivity index (χ2n) is 5.20. The fourth-order valence-corrected chi connectivity index (χ4v) is 2.98. The first kappa shape index (κ1) is 11.9. The van der Waals surface area contributed by atoms with Crippen LogP contribution in [0.2, 0.25) is 0 Å². The Labute approximate surface area is 113 Å². The summed E-state index contributed by atoms with van der Waals surface area (Å²) in [5.74, 6) is 1.02. The largest absolute Gasteiger partial charge is 0.389 e. The lowest BCUT2D eigenvalue weighted by atomic mass is 10.1. The smallest absolute Gasteiger partial charge is 0.139 e. The molecule has 0 atom stereocenters. The van der Waals surface area contributed by atoms with Gasteiger partial charge in [-0.3, -0.25) is 0 Å². The molecule has 96 valence electrons. The predicted octanol–water partition coefficient (Wildman–Crippen LogP) is 2.19. The zero-order valence-corrected chi connectivity index (χ0v) is 11.6. The van der Waals surface area contributed by atoms with E-state index in [2.05, 4.69) is 17.9 Å². The summed E-state index contributed by atoms with van der Waals surface area (Å²) >= 11 is 5.21. The summed E-state index contributed by atoms with van der Waals surface area (Å²) in [6, 6.07) is 2.83. The van der Waals surface area contributed by atoms with Crippen molar-refractivity contribution in [3.63, 3.8) is 0 Å². The van der Waals surface area contributed by atoms with Crippen LogP contribution in [-0.2, 0) is 12.8 Å². The van der Waals surface area contributed by atoms with Crippen molar-refractivity contribution in [2.45, 2.75) is 45.1 Å². The monoisotopic (exact) mass is 261 g/mol. The Morgan fingerprint density at radius 1 is 1.50 bits per heavy atom. The van der Waals surface area contributed by atoms with E-state index >= 15 is 0 Å². The maximum Gasteiger partial charge on any atom is 0.139 e. The first-order valence-corrected chi connectivity index (χ1v) is 7.20. The van der Waals surface area contributed by atoms with E-state index in [0.717, 1.165) is 30.8 Å². The molecule has 0 unspecified atom stereocenters. The maximum atomic E-state index is 5.89. The molecule has 4 heteroatoms. The molecule has 0 saturated heterocycles. The van der Waals surface area contributed by atoms with Crippen molar-refractivity contribution in [1.29, 1.82) is 0 Å². The Morgan fingerprint density at radius 2 is 2.28 bits per heavy atom. The minimum absolute atomic E-state index is 0.478. The molecular weight excluding hydrogens is 242 g/mol. The van der Waals surface area contributed by atoms with E-state index in [9.17, 15) is 0 Å². The van der Waals surface area contributed by atoms with Crippen molar-refractivity contribution < 1.29 is 0 Å². The summed E-state index contributed by atoms with van der Waals surface area (Å²) in [5, 5.41) is 0. The van der Waals surface area contributed by atoms with Crippen LogP contribution in [0.1, 0.15) is 43.0 Å². The number of aryl methyl sites for hydroxylation is 2. The lowest BCUT2D eigenvalue weighted by Gasteiger charge is -2.25. The van der Waals surface area contributed by atoms with Gasteiger partial charge < -0.3 is 10.6 Å². The average Bonchev–Trinajstić information content (AvgIpc) is 3.07. The van der Waals surface area contributed by atoms with Gasteiger partial charge in [0.1, 0.15) is 10.8 Å². The van der Waals surface area contributed by atoms with Crippen molar-refractivity contribution in [1.82, 2.24) is 4.98 Å². The number of nitrogens with two attached hydrogens (primary N) is 1. The summed E-state index contributed by atoms with van der Waals surface area (Å²) in [4.78, 5) is 7.71. The highest BCUT2D eigenvalue weighted by atomic mass is 32.1. The van der Waals surface area contributed by atoms with Crippen LogP contribution in [0.25, 0.3) is 0 Å². The number of aromatic nitrogens is 1. The average molecular weight is 261 g/mol. The number of fused-ring (bicyclic) bond motifs is 1. The summed E-state index contributed by atoms with van der Waals surface area (Å²) in [5.41, 5.74) is 9.45. The van der Waals surface area contributed by atoms with E-state index in [1.165, 1.54) is 30.5 Å². The highest BCUT2D eigenvalue weighted by Crippen LogP contribution is 2.34. The van der Waals surface area contributed by atoms with E-state index < -0.39 is 0 Å². The maximum absolute atomic E-state index is 5.89. The molecular formula is C14H19N3S. The van der Waals surface area contributed by atoms with Crippen molar-refractivity contribution >= 4 is 23.0 Å². The molecule has 3 rings (SSSR count). The second kappa shape index (κ2) is 4.50. The minimum atomic E-state index is 0.478. The SMILES string of the molecule is CCN(c1nc2c(cc1C(N)=S)CCC2)C1CC1. The van der Waals surface area contributed by atoms with Gasteiger partial charge in [-0.1, -0.05) is 12.2 Å². The summed E-state index contributed by atoms with van der Waals surface area (Å²) in [6.45, 7) is 3.16. The molecule has 18 heavy (non-hydrogen) atoms. The standard InChI is InChI=1S/C14H19N3S/c1-2-17(10-6-7-10)14-11(13(15)18)8-9-4-3-5-12(9)16-14/h8,10H,2-7H2,1H3,(H2,15,18). The molecule has 1 heterocycles. The molecule has 1 aromatic heterocycles. The Balaban J connectivity index is 2.07. The van der Waals surface area contributed by atoms with Gasteiger partial charge in [-0.05, 0) is 50.7 Å². The molecule has 3 nitrogen and oxygen atoms in total. The van der Waals surface area contributed by atoms with Gasteiger partial charge in [0.2, 0.25) is 0 Å². The van der Waals surface area contributed by atoms with Crippen LogP contribution in [-0.4, -0.2) is 22.6 Å². The number of pyridine rings is 1. The van der Waals surface area contributed by atoms with Crippen molar-refractivity contribution in [2.75, 3.05) is 11.4 Å². The first-order valence-electron chi connectivity index (χ1n) is 6.80. The summed E-state index contributed by atoms with van der Waals surface area (Å²) in [7, 11) is 0. The van der Waals surface area contributed by atoms with E-state index in [0.29, 0.717) is 11.0 Å². The van der Waals surface area contributed by atoms with Crippen LogP contribution in [0, 0.1) is 0 Å². The molecule has 1 aromatic rings. The fraction of sp³-hybridized carbons (Fsp3) is 0.571. The van der Waals surface area contributed by atoms with Crippen LogP contribution >= 0.6 is 12.2 Å². The molecule has 0 bridgehead atoms. The van der Waals surface area contributed by atoms with Crippen LogP contribution < -0.4 is 10.6 Å². The van der Waals surface area contributed by atoms with E-state index in [1.54, 1.807) is 0 Å². The topological polar surface area (TPSA) is 42.2 Å².